The first-order valence-electron chi connectivity index (χ1n) is 3.60. The molecule has 0 amide bonds. The summed E-state index contributed by atoms with van der Waals surface area (Å²) in [4.78, 5) is 4.19. The number of anilines is 1. The van der Waals surface area contributed by atoms with Gasteiger partial charge in [0.2, 0.25) is 0 Å². The van der Waals surface area contributed by atoms with Gasteiger partial charge in [-0.3, -0.25) is 0 Å². The van der Waals surface area contributed by atoms with Crippen LogP contribution in [0.5, 0.6) is 0 Å². The Bertz CT molecular complexity index is 232. The summed E-state index contributed by atoms with van der Waals surface area (Å²) in [7, 11) is 1.82. The van der Waals surface area contributed by atoms with Crippen molar-refractivity contribution >= 4 is 5.82 Å². The number of aliphatic hydroxyl groups excluding tert-OH is 1. The molecule has 0 spiro atoms. The van der Waals surface area contributed by atoms with Gasteiger partial charge < -0.3 is 15.0 Å². The summed E-state index contributed by atoms with van der Waals surface area (Å²) in [5.41, 5.74) is 0. The number of aryl methyl sites for hydroxylation is 1. The molecule has 4 heteroatoms. The molecule has 0 saturated heterocycles. The van der Waals surface area contributed by atoms with Crippen molar-refractivity contribution < 1.29 is 5.11 Å². The van der Waals surface area contributed by atoms with Gasteiger partial charge in [-0.05, 0) is 6.92 Å². The van der Waals surface area contributed by atoms with Crippen LogP contribution in [0.25, 0.3) is 0 Å². The van der Waals surface area contributed by atoms with Gasteiger partial charge in [-0.25, -0.2) is 4.98 Å². The Balaban J connectivity index is 2.79. The van der Waals surface area contributed by atoms with Gasteiger partial charge >= 0.3 is 0 Å². The molecule has 1 rings (SSSR count). The van der Waals surface area contributed by atoms with Crippen LogP contribution in [0.2, 0.25) is 0 Å². The van der Waals surface area contributed by atoms with Crippen LogP contribution >= 0.6 is 0 Å². The van der Waals surface area contributed by atoms with E-state index >= 15 is 0 Å². The first-order chi connectivity index (χ1) is 5.27. The Labute approximate surface area is 65.9 Å². The second kappa shape index (κ2) is 3.39. The van der Waals surface area contributed by atoms with Gasteiger partial charge in [-0.15, -0.1) is 0 Å². The summed E-state index contributed by atoms with van der Waals surface area (Å²) in [6.07, 6.45) is 1.88. The van der Waals surface area contributed by atoms with Gasteiger partial charge in [0.25, 0.3) is 0 Å². The fourth-order valence-electron chi connectivity index (χ4n) is 0.963. The van der Waals surface area contributed by atoms with Crippen molar-refractivity contribution in [3.8, 4) is 0 Å². The number of imidazole rings is 1. The molecule has 0 bridgehead atoms. The number of hydrogen-bond acceptors (Lipinski definition) is 3. The van der Waals surface area contributed by atoms with E-state index in [9.17, 15) is 0 Å². The average molecular weight is 155 g/mol. The van der Waals surface area contributed by atoms with Crippen molar-refractivity contribution in [1.82, 2.24) is 9.55 Å². The first kappa shape index (κ1) is 8.07. The van der Waals surface area contributed by atoms with Crippen LogP contribution in [0.15, 0.2) is 6.20 Å². The Morgan fingerprint density at radius 2 is 2.45 bits per heavy atom. The quantitative estimate of drug-likeness (QED) is 0.656. The van der Waals surface area contributed by atoms with E-state index in [0.717, 1.165) is 11.6 Å². The van der Waals surface area contributed by atoms with Gasteiger partial charge in [-0.1, -0.05) is 0 Å². The lowest BCUT2D eigenvalue weighted by Crippen LogP contribution is -2.02. The van der Waals surface area contributed by atoms with E-state index in [2.05, 4.69) is 10.3 Å². The maximum Gasteiger partial charge on any atom is 0.144 e. The molecule has 0 fully saturated rings. The van der Waals surface area contributed by atoms with E-state index in [1.807, 2.05) is 24.7 Å². The standard InChI is InChI=1S/C7H13N3O/c1-6-9-7(8-2)5-10(6)3-4-11/h5,8,11H,3-4H2,1-2H3. The topological polar surface area (TPSA) is 50.1 Å². The molecule has 4 nitrogen and oxygen atoms in total. The van der Waals surface area contributed by atoms with E-state index in [1.54, 1.807) is 0 Å². The molecule has 0 unspecified atom stereocenters. The maximum absolute atomic E-state index is 8.66. The van der Waals surface area contributed by atoms with Crippen LogP contribution in [0.3, 0.4) is 0 Å². The predicted molar refractivity (Wildman–Crippen MR) is 43.6 cm³/mol. The summed E-state index contributed by atoms with van der Waals surface area (Å²) < 4.78 is 1.91. The normalized spacial score (nSPS) is 10.1. The molecule has 0 aromatic carbocycles. The van der Waals surface area contributed by atoms with Crippen LogP contribution in [0.4, 0.5) is 5.82 Å². The Morgan fingerprint density at radius 3 is 2.91 bits per heavy atom. The molecule has 2 N–H and O–H groups in total. The molecule has 62 valence electrons. The van der Waals surface area contributed by atoms with Gasteiger partial charge in [0, 0.05) is 19.8 Å². The molecular formula is C7H13N3O. The zero-order valence-electron chi connectivity index (χ0n) is 6.83. The molecule has 0 aliphatic carbocycles. The van der Waals surface area contributed by atoms with E-state index in [-0.39, 0.29) is 6.61 Å². The lowest BCUT2D eigenvalue weighted by molar-refractivity contribution is 0.275. The number of nitrogens with zero attached hydrogens (tertiary/aromatic N) is 2. The lowest BCUT2D eigenvalue weighted by atomic mass is 10.6. The molecule has 1 aromatic rings. The van der Waals surface area contributed by atoms with Gasteiger partial charge in [0.05, 0.1) is 6.61 Å². The summed E-state index contributed by atoms with van der Waals surface area (Å²) in [5, 5.41) is 11.6. The van der Waals surface area contributed by atoms with Crippen LogP contribution in [-0.2, 0) is 6.54 Å². The number of rotatable bonds is 3. The SMILES string of the molecule is CNc1cn(CCO)c(C)n1. The molecule has 1 aromatic heterocycles. The van der Waals surface area contributed by atoms with E-state index in [0.29, 0.717) is 6.54 Å². The highest BCUT2D eigenvalue weighted by Crippen LogP contribution is 2.05. The minimum absolute atomic E-state index is 0.153. The summed E-state index contributed by atoms with van der Waals surface area (Å²) >= 11 is 0. The third kappa shape index (κ3) is 1.71. The third-order valence-corrected chi connectivity index (χ3v) is 1.57. The van der Waals surface area contributed by atoms with Gasteiger partial charge in [-0.2, -0.15) is 0 Å². The molecule has 11 heavy (non-hydrogen) atoms. The van der Waals surface area contributed by atoms with E-state index in [1.165, 1.54) is 0 Å². The summed E-state index contributed by atoms with van der Waals surface area (Å²) in [6.45, 7) is 2.68. The second-order valence-corrected chi connectivity index (χ2v) is 2.34. The number of hydrogen-bond donors (Lipinski definition) is 2. The zero-order valence-corrected chi connectivity index (χ0v) is 6.83. The number of aromatic nitrogens is 2. The molecule has 0 aliphatic rings. The van der Waals surface area contributed by atoms with Crippen molar-refractivity contribution in [2.45, 2.75) is 13.5 Å². The number of nitrogens with one attached hydrogen (secondary N) is 1. The molecule has 0 atom stereocenters. The van der Waals surface area contributed by atoms with Gasteiger partial charge in [0.15, 0.2) is 0 Å². The van der Waals surface area contributed by atoms with Crippen LogP contribution in [0.1, 0.15) is 5.82 Å². The molecular weight excluding hydrogens is 142 g/mol. The van der Waals surface area contributed by atoms with Gasteiger partial charge in [0.1, 0.15) is 11.6 Å². The van der Waals surface area contributed by atoms with Crippen LogP contribution in [0, 0.1) is 6.92 Å². The fraction of sp³-hybridized carbons (Fsp3) is 0.571. The second-order valence-electron chi connectivity index (χ2n) is 2.34. The smallest absolute Gasteiger partial charge is 0.144 e. The molecule has 1 heterocycles. The van der Waals surface area contributed by atoms with Crippen molar-refractivity contribution in [3.63, 3.8) is 0 Å². The fourth-order valence-corrected chi connectivity index (χ4v) is 0.963. The van der Waals surface area contributed by atoms with Crippen molar-refractivity contribution in [3.05, 3.63) is 12.0 Å². The molecule has 0 aliphatic heterocycles. The zero-order chi connectivity index (χ0) is 8.27. The van der Waals surface area contributed by atoms with Crippen LogP contribution in [-0.4, -0.2) is 28.3 Å². The molecule has 0 radical (unpaired) electrons. The summed E-state index contributed by atoms with van der Waals surface area (Å²) in [5.74, 6) is 1.76. The highest BCUT2D eigenvalue weighted by molar-refractivity contribution is 5.31. The number of aliphatic hydroxyl groups is 1. The Morgan fingerprint density at radius 1 is 1.73 bits per heavy atom. The summed E-state index contributed by atoms with van der Waals surface area (Å²) in [6, 6.07) is 0. The minimum atomic E-state index is 0.153. The largest absolute Gasteiger partial charge is 0.395 e. The van der Waals surface area contributed by atoms with Crippen molar-refractivity contribution in [1.29, 1.82) is 0 Å². The van der Waals surface area contributed by atoms with E-state index < -0.39 is 0 Å². The first-order valence-corrected chi connectivity index (χ1v) is 3.60. The minimum Gasteiger partial charge on any atom is -0.395 e. The van der Waals surface area contributed by atoms with Crippen molar-refractivity contribution in [2.75, 3.05) is 19.0 Å². The Kier molecular flexibility index (Phi) is 2.48. The average Bonchev–Trinajstić information content (AvgIpc) is 2.33. The highest BCUT2D eigenvalue weighted by Gasteiger charge is 1.99. The monoisotopic (exact) mass is 155 g/mol. The maximum atomic E-state index is 8.66. The van der Waals surface area contributed by atoms with Crippen molar-refractivity contribution in [2.24, 2.45) is 0 Å². The predicted octanol–water partition coefficient (Wildman–Crippen LogP) is 0.226. The third-order valence-electron chi connectivity index (χ3n) is 1.57. The lowest BCUT2D eigenvalue weighted by Gasteiger charge is -1.98. The highest BCUT2D eigenvalue weighted by atomic mass is 16.3. The van der Waals surface area contributed by atoms with E-state index in [4.69, 9.17) is 5.11 Å². The van der Waals surface area contributed by atoms with Crippen LogP contribution < -0.4 is 5.32 Å². The molecule has 0 saturated carbocycles. The Hall–Kier alpha value is -1.03.